The lowest BCUT2D eigenvalue weighted by Gasteiger charge is -2.36. The van der Waals surface area contributed by atoms with Crippen molar-refractivity contribution in [1.29, 1.82) is 0 Å². The van der Waals surface area contributed by atoms with Gasteiger partial charge in [0.05, 0.1) is 16.2 Å². The number of nitro groups is 1. The highest BCUT2D eigenvalue weighted by Gasteiger charge is 2.27. The van der Waals surface area contributed by atoms with Crippen molar-refractivity contribution in [3.63, 3.8) is 0 Å². The van der Waals surface area contributed by atoms with Crippen LogP contribution in [-0.4, -0.2) is 47.7 Å². The SMILES string of the molecule is CC(=O)c1ccc(N2CCN(C(=O)c3cc([N+](=O)[O-])ccc3Oc3ccccc3)CC2)c(F)c1. The van der Waals surface area contributed by atoms with Crippen molar-refractivity contribution >= 4 is 23.1 Å². The Labute approximate surface area is 195 Å². The summed E-state index contributed by atoms with van der Waals surface area (Å²) >= 11 is 0. The van der Waals surface area contributed by atoms with E-state index in [1.54, 1.807) is 46.2 Å². The van der Waals surface area contributed by atoms with Crippen LogP contribution in [0.5, 0.6) is 11.5 Å². The molecule has 0 radical (unpaired) electrons. The van der Waals surface area contributed by atoms with Gasteiger partial charge in [-0.3, -0.25) is 19.7 Å². The Morgan fingerprint density at radius 1 is 0.971 bits per heavy atom. The lowest BCUT2D eigenvalue weighted by Crippen LogP contribution is -2.49. The molecule has 0 saturated carbocycles. The fourth-order valence-corrected chi connectivity index (χ4v) is 3.81. The molecule has 0 aromatic heterocycles. The Kier molecular flexibility index (Phi) is 6.53. The Morgan fingerprint density at radius 3 is 2.29 bits per heavy atom. The maximum Gasteiger partial charge on any atom is 0.270 e. The number of piperazine rings is 1. The third kappa shape index (κ3) is 4.88. The number of Topliss-reactive ketones (excluding diaryl/α,β-unsaturated/α-hetero) is 1. The topological polar surface area (TPSA) is 93.0 Å². The molecule has 0 bridgehead atoms. The van der Waals surface area contributed by atoms with E-state index in [1.165, 1.54) is 31.2 Å². The van der Waals surface area contributed by atoms with Gasteiger partial charge >= 0.3 is 0 Å². The zero-order valence-electron chi connectivity index (χ0n) is 18.4. The number of benzene rings is 3. The number of nitrogens with zero attached hydrogens (tertiary/aromatic N) is 3. The van der Waals surface area contributed by atoms with Gasteiger partial charge in [-0.05, 0) is 43.3 Å². The maximum atomic E-state index is 14.5. The second-order valence-corrected chi connectivity index (χ2v) is 7.85. The molecule has 0 aliphatic carbocycles. The minimum absolute atomic E-state index is 0.0866. The van der Waals surface area contributed by atoms with Gasteiger partial charge in [0.25, 0.3) is 11.6 Å². The molecule has 34 heavy (non-hydrogen) atoms. The van der Waals surface area contributed by atoms with Gasteiger partial charge in [0.2, 0.25) is 0 Å². The molecule has 0 spiro atoms. The number of rotatable bonds is 6. The van der Waals surface area contributed by atoms with Gasteiger partial charge in [-0.15, -0.1) is 0 Å². The number of carbonyl (C=O) groups is 2. The molecule has 1 aliphatic heterocycles. The van der Waals surface area contributed by atoms with Gasteiger partial charge in [0, 0.05) is 43.9 Å². The minimum atomic E-state index is -0.561. The number of anilines is 1. The molecule has 3 aromatic carbocycles. The lowest BCUT2D eigenvalue weighted by molar-refractivity contribution is -0.384. The molecule has 8 nitrogen and oxygen atoms in total. The molecule has 0 unspecified atom stereocenters. The second kappa shape index (κ2) is 9.70. The molecule has 1 heterocycles. The molecule has 174 valence electrons. The molecule has 4 rings (SSSR count). The number of non-ortho nitro benzene ring substituents is 1. The molecule has 1 aliphatic rings. The van der Waals surface area contributed by atoms with E-state index in [2.05, 4.69) is 0 Å². The van der Waals surface area contributed by atoms with Gasteiger partial charge in [-0.2, -0.15) is 0 Å². The molecule has 9 heteroatoms. The number of carbonyl (C=O) groups excluding carboxylic acids is 2. The first kappa shape index (κ1) is 22.9. The zero-order chi connectivity index (χ0) is 24.2. The second-order valence-electron chi connectivity index (χ2n) is 7.85. The molecule has 1 fully saturated rings. The van der Waals surface area contributed by atoms with Crippen LogP contribution in [0.15, 0.2) is 66.7 Å². The van der Waals surface area contributed by atoms with Crippen LogP contribution >= 0.6 is 0 Å². The van der Waals surface area contributed by atoms with Crippen LogP contribution in [0.1, 0.15) is 27.6 Å². The minimum Gasteiger partial charge on any atom is -0.457 e. The first-order valence-corrected chi connectivity index (χ1v) is 10.7. The zero-order valence-corrected chi connectivity index (χ0v) is 18.4. The Morgan fingerprint density at radius 2 is 1.68 bits per heavy atom. The maximum absolute atomic E-state index is 14.5. The number of hydrogen-bond donors (Lipinski definition) is 0. The van der Waals surface area contributed by atoms with Crippen LogP contribution in [0.4, 0.5) is 15.8 Å². The van der Waals surface area contributed by atoms with Crippen molar-refractivity contribution in [3.05, 3.63) is 93.8 Å². The molecular formula is C25H22FN3O5. The van der Waals surface area contributed by atoms with Crippen molar-refractivity contribution in [2.45, 2.75) is 6.92 Å². The van der Waals surface area contributed by atoms with E-state index in [0.29, 0.717) is 43.2 Å². The molecule has 3 aromatic rings. The fraction of sp³-hybridized carbons (Fsp3) is 0.200. The van der Waals surface area contributed by atoms with Gasteiger partial charge in [-0.1, -0.05) is 18.2 Å². The van der Waals surface area contributed by atoms with E-state index >= 15 is 0 Å². The highest BCUT2D eigenvalue weighted by atomic mass is 19.1. The Bertz CT molecular complexity index is 1240. The third-order valence-corrected chi connectivity index (χ3v) is 5.64. The normalized spacial score (nSPS) is 13.5. The standard InChI is InChI=1S/C25H22FN3O5/c1-17(30)18-7-9-23(22(26)15-18)27-11-13-28(14-12-27)25(31)21-16-19(29(32)33)8-10-24(21)34-20-5-3-2-4-6-20/h2-10,15-16H,11-14H2,1H3. The predicted molar refractivity (Wildman–Crippen MR) is 124 cm³/mol. The number of nitro benzene ring substituents is 1. The summed E-state index contributed by atoms with van der Waals surface area (Å²) in [5, 5.41) is 11.3. The summed E-state index contributed by atoms with van der Waals surface area (Å²) in [6, 6.07) is 17.1. The Hall–Kier alpha value is -4.27. The van der Waals surface area contributed by atoms with Gasteiger partial charge in [0.15, 0.2) is 5.78 Å². The van der Waals surface area contributed by atoms with E-state index in [1.807, 2.05) is 6.07 Å². The predicted octanol–water partition coefficient (Wildman–Crippen LogP) is 4.69. The number of amides is 1. The highest BCUT2D eigenvalue weighted by Crippen LogP contribution is 2.30. The first-order chi connectivity index (χ1) is 16.3. The van der Waals surface area contributed by atoms with Gasteiger partial charge in [0.1, 0.15) is 17.3 Å². The van der Waals surface area contributed by atoms with E-state index in [4.69, 9.17) is 4.74 Å². The smallest absolute Gasteiger partial charge is 0.270 e. The van der Waals surface area contributed by atoms with Crippen molar-refractivity contribution in [2.75, 3.05) is 31.1 Å². The van der Waals surface area contributed by atoms with E-state index in [-0.39, 0.29) is 22.8 Å². The highest BCUT2D eigenvalue weighted by molar-refractivity contribution is 5.98. The summed E-state index contributed by atoms with van der Waals surface area (Å²) in [6.07, 6.45) is 0. The van der Waals surface area contributed by atoms with Gasteiger partial charge < -0.3 is 14.5 Å². The summed E-state index contributed by atoms with van der Waals surface area (Å²) in [7, 11) is 0. The third-order valence-electron chi connectivity index (χ3n) is 5.64. The molecular weight excluding hydrogens is 441 g/mol. The number of ketones is 1. The van der Waals surface area contributed by atoms with Crippen LogP contribution in [0, 0.1) is 15.9 Å². The number of hydrogen-bond acceptors (Lipinski definition) is 6. The monoisotopic (exact) mass is 463 g/mol. The van der Waals surface area contributed by atoms with E-state index in [0.717, 1.165) is 0 Å². The summed E-state index contributed by atoms with van der Waals surface area (Å²) in [4.78, 5) is 38.9. The lowest BCUT2D eigenvalue weighted by atomic mass is 10.1. The van der Waals surface area contributed by atoms with Crippen LogP contribution in [-0.2, 0) is 0 Å². The number of halogens is 1. The molecule has 0 N–H and O–H groups in total. The van der Waals surface area contributed by atoms with E-state index < -0.39 is 16.6 Å². The van der Waals surface area contributed by atoms with Crippen molar-refractivity contribution < 1.29 is 23.6 Å². The summed E-state index contributed by atoms with van der Waals surface area (Å²) in [5.41, 5.74) is 0.533. The van der Waals surface area contributed by atoms with E-state index in [9.17, 15) is 24.1 Å². The van der Waals surface area contributed by atoms with Crippen molar-refractivity contribution in [1.82, 2.24) is 4.90 Å². The fourth-order valence-electron chi connectivity index (χ4n) is 3.81. The van der Waals surface area contributed by atoms with Crippen LogP contribution < -0.4 is 9.64 Å². The average molecular weight is 463 g/mol. The average Bonchev–Trinajstić information content (AvgIpc) is 2.84. The summed E-state index contributed by atoms with van der Waals surface area (Å²) in [5.74, 6) is -0.396. The van der Waals surface area contributed by atoms with Crippen molar-refractivity contribution in [2.24, 2.45) is 0 Å². The van der Waals surface area contributed by atoms with Gasteiger partial charge in [-0.25, -0.2) is 4.39 Å². The Balaban J connectivity index is 1.53. The molecule has 1 amide bonds. The van der Waals surface area contributed by atoms with Crippen molar-refractivity contribution in [3.8, 4) is 11.5 Å². The molecule has 1 saturated heterocycles. The summed E-state index contributed by atoms with van der Waals surface area (Å²) in [6.45, 7) is 2.70. The van der Waals surface area contributed by atoms with Crippen LogP contribution in [0.3, 0.4) is 0 Å². The summed E-state index contributed by atoms with van der Waals surface area (Å²) < 4.78 is 20.4. The largest absolute Gasteiger partial charge is 0.457 e. The van der Waals surface area contributed by atoms with Crippen LogP contribution in [0.2, 0.25) is 0 Å². The molecule has 0 atom stereocenters. The number of para-hydroxylation sites is 1. The number of ether oxygens (including phenoxy) is 1. The first-order valence-electron chi connectivity index (χ1n) is 10.7. The quantitative estimate of drug-likeness (QED) is 0.299. The van der Waals surface area contributed by atoms with Crippen LogP contribution in [0.25, 0.3) is 0 Å².